The number of nitrogens with one attached hydrogen (secondary N) is 1. The van der Waals surface area contributed by atoms with Crippen molar-refractivity contribution in [3.8, 4) is 5.75 Å². The number of fused-ring (bicyclic) bond motifs is 1. The van der Waals surface area contributed by atoms with Crippen molar-refractivity contribution < 1.29 is 4.74 Å². The van der Waals surface area contributed by atoms with Gasteiger partial charge in [0.25, 0.3) is 0 Å². The van der Waals surface area contributed by atoms with Crippen molar-refractivity contribution in [3.63, 3.8) is 0 Å². The minimum atomic E-state index is 0.526. The van der Waals surface area contributed by atoms with Gasteiger partial charge in [-0.3, -0.25) is 0 Å². The van der Waals surface area contributed by atoms with Gasteiger partial charge in [-0.1, -0.05) is 41.9 Å². The van der Waals surface area contributed by atoms with E-state index in [1.807, 2.05) is 6.92 Å². The van der Waals surface area contributed by atoms with Gasteiger partial charge in [0, 0.05) is 23.7 Å². The summed E-state index contributed by atoms with van der Waals surface area (Å²) in [7, 11) is 0. The maximum Gasteiger partial charge on any atom is 0.124 e. The van der Waals surface area contributed by atoms with Crippen LogP contribution in [0, 0.1) is 0 Å². The summed E-state index contributed by atoms with van der Waals surface area (Å²) in [5.41, 5.74) is 3.83. The average molecular weight is 302 g/mol. The van der Waals surface area contributed by atoms with Crippen LogP contribution in [0.1, 0.15) is 25.3 Å². The largest absolute Gasteiger partial charge is 0.489 e. The highest BCUT2D eigenvalue weighted by Crippen LogP contribution is 2.29. The molecule has 3 rings (SSSR count). The molecule has 0 saturated heterocycles. The number of ether oxygens (including phenoxy) is 1. The molecule has 0 aromatic heterocycles. The summed E-state index contributed by atoms with van der Waals surface area (Å²) in [5, 5.41) is 6.10. The van der Waals surface area contributed by atoms with E-state index in [4.69, 9.17) is 16.3 Å². The molecule has 1 N–H and O–H groups in total. The van der Waals surface area contributed by atoms with Crippen LogP contribution < -0.4 is 10.1 Å². The molecule has 0 atom stereocenters. The highest BCUT2D eigenvalue weighted by molar-refractivity contribution is 6.25. The van der Waals surface area contributed by atoms with Gasteiger partial charge in [0.15, 0.2) is 0 Å². The molecule has 0 heterocycles. The molecule has 2 aromatic carbocycles. The maximum atomic E-state index is 5.96. The zero-order valence-corrected chi connectivity index (χ0v) is 13.0. The number of hydrogen-bond donors (Lipinski definition) is 1. The van der Waals surface area contributed by atoms with E-state index in [9.17, 15) is 0 Å². The summed E-state index contributed by atoms with van der Waals surface area (Å²) in [6.07, 6.45) is 2.57. The Labute approximate surface area is 130 Å². The van der Waals surface area contributed by atoms with E-state index in [0.717, 1.165) is 17.9 Å². The predicted molar refractivity (Wildman–Crippen MR) is 88.9 cm³/mol. The molecule has 1 aliphatic rings. The van der Waals surface area contributed by atoms with Crippen LogP contribution in [-0.4, -0.2) is 12.6 Å². The molecule has 2 nitrogen and oxygen atoms in total. The van der Waals surface area contributed by atoms with Crippen molar-refractivity contribution in [1.29, 1.82) is 0 Å². The van der Waals surface area contributed by atoms with Crippen molar-refractivity contribution in [2.75, 3.05) is 6.61 Å². The highest BCUT2D eigenvalue weighted by atomic mass is 35.5. The first-order valence-electron chi connectivity index (χ1n) is 7.40. The maximum absolute atomic E-state index is 5.96. The number of hydrogen-bond acceptors (Lipinski definition) is 2. The third kappa shape index (κ3) is 3.58. The number of halogens is 1. The fourth-order valence-corrected chi connectivity index (χ4v) is 2.45. The Morgan fingerprint density at radius 3 is 2.86 bits per heavy atom. The molecule has 21 heavy (non-hydrogen) atoms. The molecule has 1 saturated carbocycles. The van der Waals surface area contributed by atoms with E-state index in [1.165, 1.54) is 29.2 Å². The molecule has 2 aromatic rings. The zero-order valence-electron chi connectivity index (χ0n) is 12.2. The first-order chi connectivity index (χ1) is 10.3. The Morgan fingerprint density at radius 1 is 1.29 bits per heavy atom. The number of benzene rings is 2. The average Bonchev–Trinajstić information content (AvgIpc) is 3.35. The molecular formula is C18H20ClNO. The molecule has 0 unspecified atom stereocenters. The monoisotopic (exact) mass is 301 g/mol. The quantitative estimate of drug-likeness (QED) is 0.841. The lowest BCUT2D eigenvalue weighted by Gasteiger charge is -2.15. The minimum absolute atomic E-state index is 0.526. The van der Waals surface area contributed by atoms with Crippen LogP contribution in [-0.2, 0) is 6.54 Å². The fourth-order valence-electron chi connectivity index (χ4n) is 2.39. The molecule has 1 aliphatic carbocycles. The van der Waals surface area contributed by atoms with Crippen LogP contribution in [0.3, 0.4) is 0 Å². The van der Waals surface area contributed by atoms with Crippen molar-refractivity contribution in [2.45, 2.75) is 32.4 Å². The van der Waals surface area contributed by atoms with Crippen molar-refractivity contribution in [1.82, 2.24) is 5.32 Å². The van der Waals surface area contributed by atoms with Gasteiger partial charge in [-0.15, -0.1) is 0 Å². The van der Waals surface area contributed by atoms with Gasteiger partial charge >= 0.3 is 0 Å². The third-order valence-corrected chi connectivity index (χ3v) is 4.16. The molecule has 0 amide bonds. The SMILES string of the molecule is C/C(=C/Cl)COc1ccc2ccccc2c1CNC1CC1. The Bertz CT molecular complexity index is 661. The minimum Gasteiger partial charge on any atom is -0.489 e. The Kier molecular flexibility index (Phi) is 4.47. The number of rotatable bonds is 6. The van der Waals surface area contributed by atoms with Crippen molar-refractivity contribution in [2.24, 2.45) is 0 Å². The lowest BCUT2D eigenvalue weighted by atomic mass is 10.0. The third-order valence-electron chi connectivity index (χ3n) is 3.78. The summed E-state index contributed by atoms with van der Waals surface area (Å²) < 4.78 is 5.96. The lowest BCUT2D eigenvalue weighted by molar-refractivity contribution is 0.348. The molecule has 3 heteroatoms. The second kappa shape index (κ2) is 6.50. The van der Waals surface area contributed by atoms with Gasteiger partial charge < -0.3 is 10.1 Å². The van der Waals surface area contributed by atoms with E-state index < -0.39 is 0 Å². The van der Waals surface area contributed by atoms with E-state index in [-0.39, 0.29) is 0 Å². The van der Waals surface area contributed by atoms with E-state index >= 15 is 0 Å². The van der Waals surface area contributed by atoms with Crippen LogP contribution in [0.2, 0.25) is 0 Å². The fraction of sp³-hybridized carbons (Fsp3) is 0.333. The first kappa shape index (κ1) is 14.4. The predicted octanol–water partition coefficient (Wildman–Crippen LogP) is 4.61. The van der Waals surface area contributed by atoms with Gasteiger partial charge in [0.1, 0.15) is 12.4 Å². The van der Waals surface area contributed by atoms with Gasteiger partial charge in [-0.2, -0.15) is 0 Å². The van der Waals surface area contributed by atoms with Crippen molar-refractivity contribution >= 4 is 22.4 Å². The Balaban J connectivity index is 1.90. The van der Waals surface area contributed by atoms with Gasteiger partial charge in [-0.05, 0) is 42.2 Å². The molecular weight excluding hydrogens is 282 g/mol. The molecule has 110 valence electrons. The van der Waals surface area contributed by atoms with Crippen LogP contribution in [0.4, 0.5) is 0 Å². The molecule has 1 fully saturated rings. The lowest BCUT2D eigenvalue weighted by Crippen LogP contribution is -2.16. The Morgan fingerprint density at radius 2 is 2.10 bits per heavy atom. The summed E-state index contributed by atoms with van der Waals surface area (Å²) in [6, 6.07) is 13.3. The van der Waals surface area contributed by atoms with Gasteiger partial charge in [-0.25, -0.2) is 0 Å². The second-order valence-electron chi connectivity index (χ2n) is 5.66. The molecule has 0 radical (unpaired) electrons. The van der Waals surface area contributed by atoms with Crippen molar-refractivity contribution in [3.05, 3.63) is 53.1 Å². The Hall–Kier alpha value is -1.51. The summed E-state index contributed by atoms with van der Waals surface area (Å²) in [6.45, 7) is 3.35. The first-order valence-corrected chi connectivity index (χ1v) is 7.84. The summed E-state index contributed by atoms with van der Waals surface area (Å²) >= 11 is 5.71. The van der Waals surface area contributed by atoms with E-state index in [2.05, 4.69) is 41.7 Å². The summed E-state index contributed by atoms with van der Waals surface area (Å²) in [5.74, 6) is 0.944. The molecule has 0 bridgehead atoms. The van der Waals surface area contributed by atoms with Crippen LogP contribution in [0.5, 0.6) is 5.75 Å². The van der Waals surface area contributed by atoms with Crippen LogP contribution in [0.25, 0.3) is 10.8 Å². The van der Waals surface area contributed by atoms with Crippen LogP contribution >= 0.6 is 11.6 Å². The van der Waals surface area contributed by atoms with E-state index in [1.54, 1.807) is 5.54 Å². The second-order valence-corrected chi connectivity index (χ2v) is 5.88. The molecule has 0 aliphatic heterocycles. The molecule has 0 spiro atoms. The van der Waals surface area contributed by atoms with Gasteiger partial charge in [0.2, 0.25) is 0 Å². The van der Waals surface area contributed by atoms with E-state index in [0.29, 0.717) is 12.6 Å². The van der Waals surface area contributed by atoms with Gasteiger partial charge in [0.05, 0.1) is 0 Å². The normalized spacial score (nSPS) is 15.4. The zero-order chi connectivity index (χ0) is 14.7. The highest BCUT2D eigenvalue weighted by Gasteiger charge is 2.21. The standard InChI is InChI=1S/C18H20ClNO/c1-13(10-19)12-21-18-9-6-14-4-2-3-5-16(14)17(18)11-20-15-7-8-15/h2-6,9-10,15,20H,7-8,11-12H2,1H3/b13-10-. The smallest absolute Gasteiger partial charge is 0.124 e. The summed E-state index contributed by atoms with van der Waals surface area (Å²) in [4.78, 5) is 0. The topological polar surface area (TPSA) is 21.3 Å². The van der Waals surface area contributed by atoms with Crippen LogP contribution in [0.15, 0.2) is 47.5 Å².